The summed E-state index contributed by atoms with van der Waals surface area (Å²) in [6.07, 6.45) is 0.625. The van der Waals surface area contributed by atoms with Gasteiger partial charge in [0, 0.05) is 5.75 Å². The van der Waals surface area contributed by atoms with Crippen LogP contribution in [0.3, 0.4) is 0 Å². The Balaban J connectivity index is 4.05. The highest BCUT2D eigenvalue weighted by Crippen LogP contribution is 2.01. The number of nitrogens with zero attached hydrogens (tertiary/aromatic N) is 1. The second-order valence-electron chi connectivity index (χ2n) is 2.64. The number of hydrogen-bond donors (Lipinski definition) is 0. The zero-order valence-electron chi connectivity index (χ0n) is 6.87. The van der Waals surface area contributed by atoms with Gasteiger partial charge in [-0.25, -0.2) is 8.42 Å². The van der Waals surface area contributed by atoms with E-state index >= 15 is 0 Å². The molecule has 0 aliphatic heterocycles. The van der Waals surface area contributed by atoms with Crippen molar-refractivity contribution in [1.29, 1.82) is 5.26 Å². The SMILES string of the molecule is CCCS(=O)(=O)CC(C)C#N. The average molecular weight is 175 g/mol. The molecule has 0 saturated carbocycles. The molecule has 0 radical (unpaired) electrons. The molecule has 0 N–H and O–H groups in total. The zero-order chi connectivity index (χ0) is 8.91. The first-order chi connectivity index (χ1) is 5.02. The van der Waals surface area contributed by atoms with E-state index in [-0.39, 0.29) is 17.4 Å². The molecule has 64 valence electrons. The van der Waals surface area contributed by atoms with E-state index in [0.29, 0.717) is 6.42 Å². The van der Waals surface area contributed by atoms with Crippen LogP contribution in [-0.2, 0) is 9.84 Å². The summed E-state index contributed by atoms with van der Waals surface area (Å²) in [6, 6.07) is 1.90. The van der Waals surface area contributed by atoms with Crippen molar-refractivity contribution in [3.63, 3.8) is 0 Å². The van der Waals surface area contributed by atoms with Gasteiger partial charge in [0.05, 0.1) is 17.7 Å². The van der Waals surface area contributed by atoms with Gasteiger partial charge in [-0.3, -0.25) is 0 Å². The lowest BCUT2D eigenvalue weighted by molar-refractivity contribution is 0.588. The summed E-state index contributed by atoms with van der Waals surface area (Å²) in [6.45, 7) is 3.43. The predicted molar refractivity (Wildman–Crippen MR) is 43.7 cm³/mol. The maximum atomic E-state index is 11.0. The molecule has 0 rings (SSSR count). The zero-order valence-corrected chi connectivity index (χ0v) is 7.69. The first-order valence-electron chi connectivity index (χ1n) is 3.62. The molecule has 0 amide bonds. The minimum atomic E-state index is -2.97. The van der Waals surface area contributed by atoms with E-state index in [4.69, 9.17) is 5.26 Å². The molecular weight excluding hydrogens is 162 g/mol. The number of hydrogen-bond acceptors (Lipinski definition) is 3. The van der Waals surface area contributed by atoms with Crippen LogP contribution in [-0.4, -0.2) is 19.9 Å². The molecular formula is C7H13NO2S. The Kier molecular flexibility index (Phi) is 4.12. The molecule has 0 spiro atoms. The van der Waals surface area contributed by atoms with E-state index in [0.717, 1.165) is 0 Å². The van der Waals surface area contributed by atoms with Gasteiger partial charge >= 0.3 is 0 Å². The monoisotopic (exact) mass is 175 g/mol. The largest absolute Gasteiger partial charge is 0.229 e. The predicted octanol–water partition coefficient (Wildman–Crippen LogP) is 0.971. The third kappa shape index (κ3) is 4.79. The standard InChI is InChI=1S/C7H13NO2S/c1-3-4-11(9,10)6-7(2)5-8/h7H,3-4,6H2,1-2H3. The van der Waals surface area contributed by atoms with E-state index in [9.17, 15) is 8.42 Å². The smallest absolute Gasteiger partial charge is 0.151 e. The van der Waals surface area contributed by atoms with Gasteiger partial charge in [0.25, 0.3) is 0 Å². The van der Waals surface area contributed by atoms with Crippen LogP contribution < -0.4 is 0 Å². The topological polar surface area (TPSA) is 57.9 Å². The maximum absolute atomic E-state index is 11.0. The summed E-state index contributed by atoms with van der Waals surface area (Å²) >= 11 is 0. The molecule has 0 bridgehead atoms. The van der Waals surface area contributed by atoms with Crippen LogP contribution in [0.1, 0.15) is 20.3 Å². The van der Waals surface area contributed by atoms with Crippen LogP contribution in [0.4, 0.5) is 0 Å². The summed E-state index contributed by atoms with van der Waals surface area (Å²) in [4.78, 5) is 0. The first-order valence-corrected chi connectivity index (χ1v) is 5.44. The van der Waals surface area contributed by atoms with Crippen LogP contribution in [0.5, 0.6) is 0 Å². The molecule has 3 nitrogen and oxygen atoms in total. The molecule has 0 heterocycles. The first kappa shape index (κ1) is 10.4. The highest BCUT2D eigenvalue weighted by molar-refractivity contribution is 7.91. The number of rotatable bonds is 4. The van der Waals surface area contributed by atoms with Crippen LogP contribution in [0, 0.1) is 17.2 Å². The van der Waals surface area contributed by atoms with Crippen molar-refractivity contribution in [2.45, 2.75) is 20.3 Å². The second-order valence-corrected chi connectivity index (χ2v) is 4.87. The normalized spacial score (nSPS) is 13.9. The Hall–Kier alpha value is -0.560. The van der Waals surface area contributed by atoms with Gasteiger partial charge < -0.3 is 0 Å². The summed E-state index contributed by atoms with van der Waals surface area (Å²) < 4.78 is 22.1. The molecule has 1 unspecified atom stereocenters. The van der Waals surface area contributed by atoms with Crippen LogP contribution in [0.15, 0.2) is 0 Å². The summed E-state index contributed by atoms with van der Waals surface area (Å²) in [5.74, 6) is -0.192. The van der Waals surface area contributed by atoms with Gasteiger partial charge in [-0.05, 0) is 13.3 Å². The van der Waals surface area contributed by atoms with Crippen molar-refractivity contribution in [1.82, 2.24) is 0 Å². The Morgan fingerprint density at radius 1 is 1.55 bits per heavy atom. The highest BCUT2D eigenvalue weighted by Gasteiger charge is 2.13. The highest BCUT2D eigenvalue weighted by atomic mass is 32.2. The molecule has 4 heteroatoms. The molecule has 0 aromatic carbocycles. The van der Waals surface area contributed by atoms with Crippen molar-refractivity contribution in [2.24, 2.45) is 5.92 Å². The second kappa shape index (κ2) is 4.35. The van der Waals surface area contributed by atoms with Crippen LogP contribution in [0.25, 0.3) is 0 Å². The van der Waals surface area contributed by atoms with Crippen LogP contribution in [0.2, 0.25) is 0 Å². The minimum absolute atomic E-state index is 0.00264. The molecule has 0 saturated heterocycles. The third-order valence-corrected chi connectivity index (χ3v) is 3.28. The minimum Gasteiger partial charge on any atom is -0.229 e. The molecule has 0 aromatic heterocycles. The van der Waals surface area contributed by atoms with E-state index < -0.39 is 9.84 Å². The van der Waals surface area contributed by atoms with Gasteiger partial charge in [0.15, 0.2) is 9.84 Å². The Bertz CT molecular complexity index is 238. The van der Waals surface area contributed by atoms with Gasteiger partial charge in [0.2, 0.25) is 0 Å². The van der Waals surface area contributed by atoms with Crippen molar-refractivity contribution < 1.29 is 8.42 Å². The fourth-order valence-electron chi connectivity index (χ4n) is 0.813. The molecule has 0 aliphatic carbocycles. The van der Waals surface area contributed by atoms with Gasteiger partial charge in [-0.15, -0.1) is 0 Å². The van der Waals surface area contributed by atoms with E-state index in [1.807, 2.05) is 13.0 Å². The van der Waals surface area contributed by atoms with Crippen molar-refractivity contribution in [2.75, 3.05) is 11.5 Å². The van der Waals surface area contributed by atoms with Crippen LogP contribution >= 0.6 is 0 Å². The summed E-state index contributed by atoms with van der Waals surface area (Å²) in [5.41, 5.74) is 0. The maximum Gasteiger partial charge on any atom is 0.151 e. The lowest BCUT2D eigenvalue weighted by Gasteiger charge is -2.02. The molecule has 11 heavy (non-hydrogen) atoms. The van der Waals surface area contributed by atoms with E-state index in [1.165, 1.54) is 0 Å². The van der Waals surface area contributed by atoms with Crippen molar-refractivity contribution in [3.05, 3.63) is 0 Å². The van der Waals surface area contributed by atoms with Crippen molar-refractivity contribution >= 4 is 9.84 Å². The third-order valence-electron chi connectivity index (χ3n) is 1.24. The Morgan fingerprint density at radius 3 is 2.45 bits per heavy atom. The lowest BCUT2D eigenvalue weighted by atomic mass is 10.3. The fourth-order valence-corrected chi connectivity index (χ4v) is 2.44. The van der Waals surface area contributed by atoms with Gasteiger partial charge in [-0.1, -0.05) is 6.92 Å². The summed E-state index contributed by atoms with van der Waals surface area (Å²) in [5, 5.41) is 8.35. The molecule has 1 atom stereocenters. The fraction of sp³-hybridized carbons (Fsp3) is 0.857. The Labute approximate surface area is 67.9 Å². The van der Waals surface area contributed by atoms with Crippen molar-refractivity contribution in [3.8, 4) is 6.07 Å². The lowest BCUT2D eigenvalue weighted by Crippen LogP contribution is -2.15. The summed E-state index contributed by atoms with van der Waals surface area (Å²) in [7, 11) is -2.97. The molecule has 0 aromatic rings. The number of nitriles is 1. The average Bonchev–Trinajstić information content (AvgIpc) is 1.86. The quantitative estimate of drug-likeness (QED) is 0.639. The number of sulfone groups is 1. The van der Waals surface area contributed by atoms with E-state index in [2.05, 4.69) is 0 Å². The molecule has 0 fully saturated rings. The Morgan fingerprint density at radius 2 is 2.09 bits per heavy atom. The van der Waals surface area contributed by atoms with Gasteiger partial charge in [-0.2, -0.15) is 5.26 Å². The molecule has 0 aliphatic rings. The van der Waals surface area contributed by atoms with Gasteiger partial charge in [0.1, 0.15) is 0 Å². The van der Waals surface area contributed by atoms with E-state index in [1.54, 1.807) is 6.92 Å².